The number of urea groups is 1. The van der Waals surface area contributed by atoms with E-state index < -0.39 is 18.8 Å². The first-order chi connectivity index (χ1) is 9.42. The van der Waals surface area contributed by atoms with Crippen molar-refractivity contribution in [2.45, 2.75) is 31.6 Å². The first-order valence-corrected chi connectivity index (χ1v) is 6.36. The van der Waals surface area contributed by atoms with E-state index in [0.29, 0.717) is 11.7 Å². The van der Waals surface area contributed by atoms with Crippen molar-refractivity contribution < 1.29 is 18.0 Å². The fourth-order valence-electron chi connectivity index (χ4n) is 1.61. The highest BCUT2D eigenvalue weighted by atomic mass is 19.4. The van der Waals surface area contributed by atoms with E-state index in [2.05, 4.69) is 10.6 Å². The molecule has 20 heavy (non-hydrogen) atoms. The van der Waals surface area contributed by atoms with Gasteiger partial charge >= 0.3 is 12.2 Å². The van der Waals surface area contributed by atoms with Gasteiger partial charge in [0.25, 0.3) is 0 Å². The Balaban J connectivity index is 1.75. The maximum Gasteiger partial charge on any atom is 0.405 e. The zero-order chi connectivity index (χ0) is 14.6. The lowest BCUT2D eigenvalue weighted by molar-refractivity contribution is -0.122. The highest BCUT2D eigenvalue weighted by molar-refractivity contribution is 5.89. The van der Waals surface area contributed by atoms with Gasteiger partial charge in [0.15, 0.2) is 0 Å². The number of hydrogen-bond acceptors (Lipinski definition) is 2. The summed E-state index contributed by atoms with van der Waals surface area (Å²) in [6.45, 7) is -0.590. The molecule has 0 bridgehead atoms. The third-order valence-electron chi connectivity index (χ3n) is 2.83. The molecule has 1 aliphatic carbocycles. The Morgan fingerprint density at radius 3 is 2.40 bits per heavy atom. The van der Waals surface area contributed by atoms with Crippen LogP contribution in [0.3, 0.4) is 0 Å². The SMILES string of the molecule is O=C(NCC(F)(F)F)Nc1ccc(CNC2CC2)cc1. The van der Waals surface area contributed by atoms with E-state index in [9.17, 15) is 18.0 Å². The number of carbonyl (C=O) groups is 1. The van der Waals surface area contributed by atoms with Gasteiger partial charge in [0.1, 0.15) is 6.54 Å². The number of nitrogens with one attached hydrogen (secondary N) is 3. The molecule has 0 heterocycles. The number of anilines is 1. The van der Waals surface area contributed by atoms with Crippen LogP contribution in [0.15, 0.2) is 24.3 Å². The quantitative estimate of drug-likeness (QED) is 0.779. The van der Waals surface area contributed by atoms with Gasteiger partial charge in [-0.2, -0.15) is 13.2 Å². The highest BCUT2D eigenvalue weighted by Gasteiger charge is 2.27. The summed E-state index contributed by atoms with van der Waals surface area (Å²) in [7, 11) is 0. The van der Waals surface area contributed by atoms with E-state index in [1.54, 1.807) is 17.4 Å². The van der Waals surface area contributed by atoms with Crippen LogP contribution >= 0.6 is 0 Å². The van der Waals surface area contributed by atoms with Crippen LogP contribution in [-0.2, 0) is 6.54 Å². The molecule has 1 fully saturated rings. The maximum absolute atomic E-state index is 11.9. The van der Waals surface area contributed by atoms with Crippen molar-refractivity contribution >= 4 is 11.7 Å². The van der Waals surface area contributed by atoms with Crippen LogP contribution in [0.4, 0.5) is 23.7 Å². The van der Waals surface area contributed by atoms with Gasteiger partial charge in [-0.25, -0.2) is 4.79 Å². The summed E-state index contributed by atoms with van der Waals surface area (Å²) < 4.78 is 35.7. The van der Waals surface area contributed by atoms with Gasteiger partial charge in [-0.05, 0) is 30.5 Å². The molecule has 0 aliphatic heterocycles. The summed E-state index contributed by atoms with van der Waals surface area (Å²) in [4.78, 5) is 11.2. The van der Waals surface area contributed by atoms with Gasteiger partial charge in [-0.3, -0.25) is 0 Å². The Kier molecular flexibility index (Phi) is 4.49. The van der Waals surface area contributed by atoms with Crippen molar-refractivity contribution in [3.8, 4) is 0 Å². The molecule has 110 valence electrons. The predicted octanol–water partition coefficient (Wildman–Crippen LogP) is 2.62. The molecule has 1 saturated carbocycles. The van der Waals surface area contributed by atoms with E-state index in [1.165, 1.54) is 12.8 Å². The largest absolute Gasteiger partial charge is 0.405 e. The van der Waals surface area contributed by atoms with Crippen molar-refractivity contribution in [2.24, 2.45) is 0 Å². The van der Waals surface area contributed by atoms with E-state index in [0.717, 1.165) is 12.1 Å². The van der Waals surface area contributed by atoms with Gasteiger partial charge in [0, 0.05) is 18.3 Å². The van der Waals surface area contributed by atoms with E-state index in [1.807, 2.05) is 12.1 Å². The van der Waals surface area contributed by atoms with Crippen molar-refractivity contribution in [2.75, 3.05) is 11.9 Å². The van der Waals surface area contributed by atoms with E-state index in [-0.39, 0.29) is 0 Å². The molecule has 4 nitrogen and oxygen atoms in total. The lowest BCUT2D eigenvalue weighted by Gasteiger charge is -2.10. The minimum Gasteiger partial charge on any atom is -0.329 e. The number of halogens is 3. The Labute approximate surface area is 114 Å². The molecule has 1 aromatic carbocycles. The predicted molar refractivity (Wildman–Crippen MR) is 69.4 cm³/mol. The second-order valence-electron chi connectivity index (χ2n) is 4.77. The first-order valence-electron chi connectivity index (χ1n) is 6.36. The number of carbonyl (C=O) groups excluding carboxylic acids is 1. The molecule has 1 aliphatic rings. The molecule has 1 aromatic rings. The second-order valence-corrected chi connectivity index (χ2v) is 4.77. The van der Waals surface area contributed by atoms with Crippen LogP contribution in [-0.4, -0.2) is 24.8 Å². The third-order valence-corrected chi connectivity index (χ3v) is 2.83. The summed E-state index contributed by atoms with van der Waals surface area (Å²) in [6, 6.07) is 6.73. The van der Waals surface area contributed by atoms with E-state index in [4.69, 9.17) is 0 Å². The second kappa shape index (κ2) is 6.13. The molecule has 0 aromatic heterocycles. The summed E-state index contributed by atoms with van der Waals surface area (Å²) in [5.74, 6) is 0. The molecule has 3 N–H and O–H groups in total. The maximum atomic E-state index is 11.9. The van der Waals surface area contributed by atoms with Crippen molar-refractivity contribution in [3.63, 3.8) is 0 Å². The Morgan fingerprint density at radius 1 is 1.20 bits per heavy atom. The smallest absolute Gasteiger partial charge is 0.329 e. The molecule has 0 spiro atoms. The molecule has 7 heteroatoms. The highest BCUT2D eigenvalue weighted by Crippen LogP contribution is 2.19. The zero-order valence-corrected chi connectivity index (χ0v) is 10.8. The summed E-state index contributed by atoms with van der Waals surface area (Å²) in [5, 5.41) is 7.44. The van der Waals surface area contributed by atoms with Crippen LogP contribution in [0.1, 0.15) is 18.4 Å². The van der Waals surface area contributed by atoms with Crippen LogP contribution in [0, 0.1) is 0 Å². The number of benzene rings is 1. The Morgan fingerprint density at radius 2 is 1.85 bits per heavy atom. The number of amides is 2. The lowest BCUT2D eigenvalue weighted by atomic mass is 10.2. The van der Waals surface area contributed by atoms with Crippen LogP contribution < -0.4 is 16.0 Å². The zero-order valence-electron chi connectivity index (χ0n) is 10.8. The van der Waals surface area contributed by atoms with Gasteiger partial charge in [-0.15, -0.1) is 0 Å². The molecular weight excluding hydrogens is 271 g/mol. The van der Waals surface area contributed by atoms with Crippen molar-refractivity contribution in [1.82, 2.24) is 10.6 Å². The Bertz CT molecular complexity index is 455. The van der Waals surface area contributed by atoms with Gasteiger partial charge in [0.2, 0.25) is 0 Å². The van der Waals surface area contributed by atoms with Crippen molar-refractivity contribution in [1.29, 1.82) is 0 Å². The summed E-state index contributed by atoms with van der Waals surface area (Å²) in [5.41, 5.74) is 1.53. The van der Waals surface area contributed by atoms with Gasteiger partial charge in [-0.1, -0.05) is 12.1 Å². The minimum atomic E-state index is -4.41. The van der Waals surface area contributed by atoms with E-state index >= 15 is 0 Å². The number of hydrogen-bond donors (Lipinski definition) is 3. The lowest BCUT2D eigenvalue weighted by Crippen LogP contribution is -2.36. The first kappa shape index (κ1) is 14.6. The topological polar surface area (TPSA) is 53.2 Å². The minimum absolute atomic E-state index is 0.458. The number of alkyl halides is 3. The summed E-state index contributed by atoms with van der Waals surface area (Å²) >= 11 is 0. The Hall–Kier alpha value is -1.76. The van der Waals surface area contributed by atoms with Gasteiger partial charge < -0.3 is 16.0 Å². The van der Waals surface area contributed by atoms with Crippen LogP contribution in [0.25, 0.3) is 0 Å². The van der Waals surface area contributed by atoms with Crippen LogP contribution in [0.2, 0.25) is 0 Å². The fourth-order valence-corrected chi connectivity index (χ4v) is 1.61. The normalized spacial score (nSPS) is 14.9. The standard InChI is InChI=1S/C13H16F3N3O/c14-13(15,16)8-18-12(20)19-11-3-1-9(2-4-11)7-17-10-5-6-10/h1-4,10,17H,5-8H2,(H2,18,19,20). The molecule has 2 amide bonds. The average Bonchev–Trinajstić information content (AvgIpc) is 3.19. The number of rotatable bonds is 5. The molecule has 0 unspecified atom stereocenters. The molecule has 0 saturated heterocycles. The monoisotopic (exact) mass is 287 g/mol. The average molecular weight is 287 g/mol. The molecule has 2 rings (SSSR count). The van der Waals surface area contributed by atoms with Crippen molar-refractivity contribution in [3.05, 3.63) is 29.8 Å². The third kappa shape index (κ3) is 5.48. The van der Waals surface area contributed by atoms with Crippen LogP contribution in [0.5, 0.6) is 0 Å². The van der Waals surface area contributed by atoms with Gasteiger partial charge in [0.05, 0.1) is 0 Å². The fraction of sp³-hybridized carbons (Fsp3) is 0.462. The summed E-state index contributed by atoms with van der Waals surface area (Å²) in [6.07, 6.45) is -1.99. The molecule has 0 atom stereocenters. The molecule has 0 radical (unpaired) electrons. The molecular formula is C13H16F3N3O.